The van der Waals surface area contributed by atoms with Gasteiger partial charge in [-0.1, -0.05) is 29.8 Å². The predicted octanol–water partition coefficient (Wildman–Crippen LogP) is 4.04. The molecule has 1 aliphatic rings. The highest BCUT2D eigenvalue weighted by Crippen LogP contribution is 2.35. The number of benzene rings is 2. The lowest BCUT2D eigenvalue weighted by Crippen LogP contribution is -2.21. The summed E-state index contributed by atoms with van der Waals surface area (Å²) in [6.07, 6.45) is 2.10. The summed E-state index contributed by atoms with van der Waals surface area (Å²) < 4.78 is 5.70. The number of aliphatic hydroxyl groups excluding tert-OH is 1. The molecule has 0 fully saturated rings. The zero-order valence-corrected chi connectivity index (χ0v) is 14.3. The van der Waals surface area contributed by atoms with Crippen molar-refractivity contribution < 1.29 is 14.6 Å². The van der Waals surface area contributed by atoms with Gasteiger partial charge >= 0.3 is 0 Å². The van der Waals surface area contributed by atoms with Crippen LogP contribution in [0, 0.1) is 6.92 Å². The van der Waals surface area contributed by atoms with Crippen molar-refractivity contribution in [2.45, 2.75) is 32.3 Å². The number of halogens is 1. The van der Waals surface area contributed by atoms with Crippen molar-refractivity contribution >= 4 is 23.2 Å². The molecule has 5 heteroatoms. The summed E-state index contributed by atoms with van der Waals surface area (Å²) in [6, 6.07) is 11.0. The molecule has 1 amide bonds. The number of rotatable bonds is 4. The first-order valence-electron chi connectivity index (χ1n) is 8.04. The Morgan fingerprint density at radius 2 is 2.12 bits per heavy atom. The Balaban J connectivity index is 1.67. The largest absolute Gasteiger partial charge is 0.483 e. The highest BCUT2D eigenvalue weighted by atomic mass is 35.5. The molecule has 0 aromatic heterocycles. The number of hydrogen-bond acceptors (Lipinski definition) is 3. The van der Waals surface area contributed by atoms with Crippen LogP contribution in [0.2, 0.25) is 5.02 Å². The van der Waals surface area contributed by atoms with Crippen molar-refractivity contribution in [1.29, 1.82) is 0 Å². The molecule has 2 aromatic rings. The maximum absolute atomic E-state index is 12.2. The van der Waals surface area contributed by atoms with E-state index in [1.807, 2.05) is 25.1 Å². The van der Waals surface area contributed by atoms with Gasteiger partial charge in [-0.05, 0) is 61.1 Å². The summed E-state index contributed by atoms with van der Waals surface area (Å²) in [4.78, 5) is 12.2. The predicted molar refractivity (Wildman–Crippen MR) is 94.7 cm³/mol. The van der Waals surface area contributed by atoms with Gasteiger partial charge in [0.25, 0.3) is 5.91 Å². The Hall–Kier alpha value is -2.04. The number of nitrogens with one attached hydrogen (secondary N) is 1. The van der Waals surface area contributed by atoms with Crippen molar-refractivity contribution in [1.82, 2.24) is 0 Å². The van der Waals surface area contributed by atoms with Crippen molar-refractivity contribution in [3.8, 4) is 5.75 Å². The van der Waals surface area contributed by atoms with Gasteiger partial charge in [0.1, 0.15) is 5.75 Å². The first-order chi connectivity index (χ1) is 11.6. The molecule has 0 saturated carbocycles. The van der Waals surface area contributed by atoms with E-state index in [2.05, 4.69) is 5.32 Å². The Labute approximate surface area is 146 Å². The van der Waals surface area contributed by atoms with Gasteiger partial charge in [-0.15, -0.1) is 0 Å². The fraction of sp³-hybridized carbons (Fsp3) is 0.316. The van der Waals surface area contributed by atoms with Crippen LogP contribution >= 0.6 is 11.6 Å². The summed E-state index contributed by atoms with van der Waals surface area (Å²) in [7, 11) is 0. The first-order valence-corrected chi connectivity index (χ1v) is 8.41. The number of fused-ring (bicyclic) bond motifs is 1. The van der Waals surface area contributed by atoms with E-state index in [-0.39, 0.29) is 12.5 Å². The van der Waals surface area contributed by atoms with Crippen molar-refractivity contribution in [2.75, 3.05) is 11.9 Å². The third-order valence-corrected chi connectivity index (χ3v) is 4.74. The lowest BCUT2D eigenvalue weighted by Gasteiger charge is -2.23. The maximum Gasteiger partial charge on any atom is 0.262 e. The highest BCUT2D eigenvalue weighted by molar-refractivity contribution is 6.31. The minimum Gasteiger partial charge on any atom is -0.483 e. The Bertz CT molecular complexity index is 760. The van der Waals surface area contributed by atoms with E-state index in [1.54, 1.807) is 18.2 Å². The van der Waals surface area contributed by atoms with Gasteiger partial charge in [-0.2, -0.15) is 0 Å². The first kappa shape index (κ1) is 16.8. The molecule has 0 spiro atoms. The molecule has 2 N–H and O–H groups in total. The van der Waals surface area contributed by atoms with Crippen LogP contribution in [0.3, 0.4) is 0 Å². The fourth-order valence-corrected chi connectivity index (χ4v) is 3.17. The number of hydrogen-bond donors (Lipinski definition) is 2. The highest BCUT2D eigenvalue weighted by Gasteiger charge is 2.21. The quantitative estimate of drug-likeness (QED) is 0.879. The second-order valence-corrected chi connectivity index (χ2v) is 6.39. The number of anilines is 1. The molecule has 4 nitrogen and oxygen atoms in total. The van der Waals surface area contributed by atoms with E-state index < -0.39 is 6.10 Å². The summed E-state index contributed by atoms with van der Waals surface area (Å²) >= 11 is 6.06. The molecule has 3 rings (SSSR count). The van der Waals surface area contributed by atoms with Crippen LogP contribution in [0.1, 0.15) is 35.6 Å². The molecular formula is C19H20ClNO3. The SMILES string of the molecule is Cc1c(Cl)cccc1NC(=O)COc1cccc2c1CCC[C@@H]2O. The Morgan fingerprint density at radius 3 is 2.96 bits per heavy atom. The smallest absolute Gasteiger partial charge is 0.262 e. The monoisotopic (exact) mass is 345 g/mol. The third-order valence-electron chi connectivity index (χ3n) is 4.33. The summed E-state index contributed by atoms with van der Waals surface area (Å²) in [5, 5.41) is 13.5. The van der Waals surface area contributed by atoms with E-state index in [0.717, 1.165) is 36.0 Å². The molecule has 0 bridgehead atoms. The molecular weight excluding hydrogens is 326 g/mol. The molecule has 126 valence electrons. The number of ether oxygens (including phenoxy) is 1. The van der Waals surface area contributed by atoms with Crippen LogP contribution in [0.4, 0.5) is 5.69 Å². The van der Waals surface area contributed by atoms with Gasteiger partial charge in [0.05, 0.1) is 6.10 Å². The van der Waals surface area contributed by atoms with Crippen LogP contribution in [0.15, 0.2) is 36.4 Å². The van der Waals surface area contributed by atoms with Crippen molar-refractivity contribution in [3.05, 3.63) is 58.1 Å². The molecule has 0 unspecified atom stereocenters. The van der Waals surface area contributed by atoms with Gasteiger partial charge in [-0.25, -0.2) is 0 Å². The van der Waals surface area contributed by atoms with E-state index in [9.17, 15) is 9.90 Å². The standard InChI is InChI=1S/C19H20ClNO3/c1-12-15(20)7-4-8-16(12)21-19(23)11-24-18-10-3-5-13-14(18)6-2-9-17(13)22/h3-5,7-8,10,17,22H,2,6,9,11H2,1H3,(H,21,23)/t17-/m0/s1. The topological polar surface area (TPSA) is 58.6 Å². The van der Waals surface area contributed by atoms with Gasteiger partial charge in [0.15, 0.2) is 6.61 Å². The Morgan fingerprint density at radius 1 is 1.33 bits per heavy atom. The lowest BCUT2D eigenvalue weighted by molar-refractivity contribution is -0.118. The lowest BCUT2D eigenvalue weighted by atomic mass is 9.89. The molecule has 2 aromatic carbocycles. The average Bonchev–Trinajstić information content (AvgIpc) is 2.58. The van der Waals surface area contributed by atoms with E-state index >= 15 is 0 Å². The second-order valence-electron chi connectivity index (χ2n) is 5.98. The van der Waals surface area contributed by atoms with Gasteiger partial charge < -0.3 is 15.2 Å². The van der Waals surface area contributed by atoms with Gasteiger partial charge in [-0.3, -0.25) is 4.79 Å². The molecule has 0 aliphatic heterocycles. The van der Waals surface area contributed by atoms with Crippen molar-refractivity contribution in [3.63, 3.8) is 0 Å². The summed E-state index contributed by atoms with van der Waals surface area (Å²) in [5.41, 5.74) is 3.42. The molecule has 24 heavy (non-hydrogen) atoms. The normalized spacial score (nSPS) is 16.4. The fourth-order valence-electron chi connectivity index (χ4n) is 3.00. The zero-order valence-electron chi connectivity index (χ0n) is 13.5. The van der Waals surface area contributed by atoms with Crippen LogP contribution in [0.25, 0.3) is 0 Å². The average molecular weight is 346 g/mol. The van der Waals surface area contributed by atoms with E-state index in [1.165, 1.54) is 0 Å². The third kappa shape index (κ3) is 3.55. The minimum absolute atomic E-state index is 0.0848. The number of aliphatic hydroxyl groups is 1. The van der Waals surface area contributed by atoms with E-state index in [0.29, 0.717) is 16.5 Å². The molecule has 1 aliphatic carbocycles. The van der Waals surface area contributed by atoms with Gasteiger partial charge in [0.2, 0.25) is 0 Å². The van der Waals surface area contributed by atoms with Crippen molar-refractivity contribution in [2.24, 2.45) is 0 Å². The molecule has 0 radical (unpaired) electrons. The Kier molecular flexibility index (Phi) is 5.07. The zero-order chi connectivity index (χ0) is 17.1. The second kappa shape index (κ2) is 7.24. The van der Waals surface area contributed by atoms with Crippen LogP contribution < -0.4 is 10.1 Å². The number of amides is 1. The number of carbonyl (C=O) groups is 1. The van der Waals surface area contributed by atoms with Gasteiger partial charge in [0, 0.05) is 10.7 Å². The summed E-state index contributed by atoms with van der Waals surface area (Å²) in [5.74, 6) is 0.429. The van der Waals surface area contributed by atoms with Crippen LogP contribution in [-0.4, -0.2) is 17.6 Å². The molecule has 1 atom stereocenters. The van der Waals surface area contributed by atoms with E-state index in [4.69, 9.17) is 16.3 Å². The number of carbonyl (C=O) groups excluding carboxylic acids is 1. The molecule has 0 saturated heterocycles. The maximum atomic E-state index is 12.2. The summed E-state index contributed by atoms with van der Waals surface area (Å²) in [6.45, 7) is 1.77. The van der Waals surface area contributed by atoms with Crippen LogP contribution in [-0.2, 0) is 11.2 Å². The minimum atomic E-state index is -0.444. The molecule has 0 heterocycles. The van der Waals surface area contributed by atoms with Crippen LogP contribution in [0.5, 0.6) is 5.75 Å².